The topological polar surface area (TPSA) is 62.3 Å². The van der Waals surface area contributed by atoms with Crippen molar-refractivity contribution in [3.05, 3.63) is 23.9 Å². The minimum absolute atomic E-state index is 0.0416. The molecule has 0 saturated carbocycles. The molecule has 94 valence electrons. The summed E-state index contributed by atoms with van der Waals surface area (Å²) < 4.78 is 24.9. The van der Waals surface area contributed by atoms with Crippen LogP contribution in [0.4, 0.5) is 5.82 Å². The van der Waals surface area contributed by atoms with Crippen LogP contribution in [0.2, 0.25) is 0 Å². The minimum atomic E-state index is -3.13. The van der Waals surface area contributed by atoms with Gasteiger partial charge in [-0.25, -0.2) is 13.4 Å². The monoisotopic (exact) mass is 255 g/mol. The first kappa shape index (κ1) is 12.3. The molecule has 5 nitrogen and oxygen atoms in total. The Bertz CT molecular complexity index is 501. The molecule has 1 aliphatic rings. The third-order valence-electron chi connectivity index (χ3n) is 3.05. The second kappa shape index (κ2) is 4.62. The average Bonchev–Trinajstić information content (AvgIpc) is 2.77. The number of pyridine rings is 1. The predicted molar refractivity (Wildman–Crippen MR) is 67.3 cm³/mol. The van der Waals surface area contributed by atoms with Gasteiger partial charge in [-0.2, -0.15) is 4.31 Å². The normalized spacial score (nSPS) is 21.6. The lowest BCUT2D eigenvalue weighted by Gasteiger charge is -2.22. The van der Waals surface area contributed by atoms with Crippen LogP contribution in [-0.4, -0.2) is 37.6 Å². The molecule has 1 saturated heterocycles. The molecule has 0 aliphatic carbocycles. The van der Waals surface area contributed by atoms with Gasteiger partial charge in [0.2, 0.25) is 10.0 Å². The molecule has 1 atom stereocenters. The molecule has 0 aromatic carbocycles. The molecule has 1 unspecified atom stereocenters. The number of hydrogen-bond donors (Lipinski definition) is 1. The number of sulfonamides is 1. The Kier molecular flexibility index (Phi) is 3.35. The highest BCUT2D eigenvalue weighted by Gasteiger charge is 2.32. The fraction of sp³-hybridized carbons (Fsp3) is 0.545. The van der Waals surface area contributed by atoms with E-state index < -0.39 is 10.0 Å². The van der Waals surface area contributed by atoms with Crippen LogP contribution in [-0.2, 0) is 10.0 Å². The number of anilines is 1. The van der Waals surface area contributed by atoms with E-state index in [1.807, 2.05) is 12.1 Å². The molecule has 0 radical (unpaired) electrons. The lowest BCUT2D eigenvalue weighted by molar-refractivity contribution is 0.400. The molecule has 1 N–H and O–H groups in total. The first-order valence-electron chi connectivity index (χ1n) is 5.63. The second-order valence-corrected chi connectivity index (χ2v) is 6.19. The SMILES string of the molecule is CNc1cc(C2CCCN2S(C)(=O)=O)ccn1. The largest absolute Gasteiger partial charge is 0.373 e. The first-order chi connectivity index (χ1) is 8.02. The highest BCUT2D eigenvalue weighted by atomic mass is 32.2. The molecular weight excluding hydrogens is 238 g/mol. The smallest absolute Gasteiger partial charge is 0.211 e. The van der Waals surface area contributed by atoms with E-state index in [2.05, 4.69) is 10.3 Å². The van der Waals surface area contributed by atoms with E-state index in [1.165, 1.54) is 6.26 Å². The van der Waals surface area contributed by atoms with Gasteiger partial charge in [-0.1, -0.05) is 0 Å². The van der Waals surface area contributed by atoms with E-state index in [0.717, 1.165) is 24.2 Å². The summed E-state index contributed by atoms with van der Waals surface area (Å²) in [6.45, 7) is 0.612. The zero-order valence-corrected chi connectivity index (χ0v) is 10.9. The summed E-state index contributed by atoms with van der Waals surface area (Å²) >= 11 is 0. The number of hydrogen-bond acceptors (Lipinski definition) is 4. The molecule has 17 heavy (non-hydrogen) atoms. The van der Waals surface area contributed by atoms with Gasteiger partial charge < -0.3 is 5.32 Å². The van der Waals surface area contributed by atoms with Crippen molar-refractivity contribution in [2.45, 2.75) is 18.9 Å². The Morgan fingerprint density at radius 3 is 2.94 bits per heavy atom. The highest BCUT2D eigenvalue weighted by molar-refractivity contribution is 7.88. The van der Waals surface area contributed by atoms with Crippen molar-refractivity contribution < 1.29 is 8.42 Å². The van der Waals surface area contributed by atoms with Crippen molar-refractivity contribution in [1.82, 2.24) is 9.29 Å². The maximum atomic E-state index is 11.7. The molecule has 2 rings (SSSR count). The molecule has 1 aromatic rings. The van der Waals surface area contributed by atoms with E-state index in [0.29, 0.717) is 6.54 Å². The fourth-order valence-corrected chi connectivity index (χ4v) is 3.41. The van der Waals surface area contributed by atoms with Crippen molar-refractivity contribution in [3.63, 3.8) is 0 Å². The summed E-state index contributed by atoms with van der Waals surface area (Å²) in [5, 5.41) is 2.97. The van der Waals surface area contributed by atoms with E-state index >= 15 is 0 Å². The Balaban J connectivity index is 2.32. The van der Waals surface area contributed by atoms with Crippen molar-refractivity contribution in [1.29, 1.82) is 0 Å². The Morgan fingerprint density at radius 2 is 2.29 bits per heavy atom. The van der Waals surface area contributed by atoms with Crippen LogP contribution in [0, 0.1) is 0 Å². The third-order valence-corrected chi connectivity index (χ3v) is 4.34. The standard InChI is InChI=1S/C11H17N3O2S/c1-12-11-8-9(5-6-13-11)10-4-3-7-14(10)17(2,15)16/h5-6,8,10H,3-4,7H2,1-2H3,(H,12,13). The van der Waals surface area contributed by atoms with Gasteiger partial charge in [0.1, 0.15) is 5.82 Å². The number of rotatable bonds is 3. The van der Waals surface area contributed by atoms with Crippen molar-refractivity contribution in [3.8, 4) is 0 Å². The molecule has 6 heteroatoms. The van der Waals surface area contributed by atoms with Crippen LogP contribution in [0.25, 0.3) is 0 Å². The van der Waals surface area contributed by atoms with Gasteiger partial charge >= 0.3 is 0 Å². The van der Waals surface area contributed by atoms with Gasteiger partial charge in [0.15, 0.2) is 0 Å². The van der Waals surface area contributed by atoms with Crippen LogP contribution in [0.15, 0.2) is 18.3 Å². The summed E-state index contributed by atoms with van der Waals surface area (Å²) in [6.07, 6.45) is 4.76. The van der Waals surface area contributed by atoms with E-state index in [-0.39, 0.29) is 6.04 Å². The molecule has 1 aliphatic heterocycles. The highest BCUT2D eigenvalue weighted by Crippen LogP contribution is 2.34. The maximum absolute atomic E-state index is 11.7. The molecule has 0 bridgehead atoms. The van der Waals surface area contributed by atoms with Crippen LogP contribution in [0.5, 0.6) is 0 Å². The van der Waals surface area contributed by atoms with E-state index in [9.17, 15) is 8.42 Å². The molecule has 2 heterocycles. The van der Waals surface area contributed by atoms with E-state index in [4.69, 9.17) is 0 Å². The van der Waals surface area contributed by atoms with Gasteiger partial charge in [0.25, 0.3) is 0 Å². The molecule has 0 spiro atoms. The lowest BCUT2D eigenvalue weighted by atomic mass is 10.1. The maximum Gasteiger partial charge on any atom is 0.211 e. The fourth-order valence-electron chi connectivity index (χ4n) is 2.26. The Hall–Kier alpha value is -1.14. The van der Waals surface area contributed by atoms with E-state index in [1.54, 1.807) is 17.5 Å². The van der Waals surface area contributed by atoms with Crippen LogP contribution in [0.3, 0.4) is 0 Å². The Morgan fingerprint density at radius 1 is 1.53 bits per heavy atom. The summed E-state index contributed by atoms with van der Waals surface area (Å²) in [5.74, 6) is 0.767. The number of nitrogens with zero attached hydrogens (tertiary/aromatic N) is 2. The summed E-state index contributed by atoms with van der Waals surface area (Å²) in [4.78, 5) is 4.14. The number of nitrogens with one attached hydrogen (secondary N) is 1. The minimum Gasteiger partial charge on any atom is -0.373 e. The van der Waals surface area contributed by atoms with Gasteiger partial charge in [0, 0.05) is 25.8 Å². The van der Waals surface area contributed by atoms with Crippen molar-refractivity contribution >= 4 is 15.8 Å². The lowest BCUT2D eigenvalue weighted by Crippen LogP contribution is -2.29. The van der Waals surface area contributed by atoms with Gasteiger partial charge in [-0.15, -0.1) is 0 Å². The van der Waals surface area contributed by atoms with Gasteiger partial charge in [0.05, 0.1) is 6.26 Å². The third kappa shape index (κ3) is 2.58. The Labute approximate surface area is 102 Å². The zero-order chi connectivity index (χ0) is 12.5. The quantitative estimate of drug-likeness (QED) is 0.882. The number of aromatic nitrogens is 1. The molecule has 0 amide bonds. The van der Waals surface area contributed by atoms with Crippen molar-refractivity contribution in [2.24, 2.45) is 0 Å². The van der Waals surface area contributed by atoms with Crippen LogP contribution < -0.4 is 5.32 Å². The predicted octanol–water partition coefficient (Wildman–Crippen LogP) is 1.22. The second-order valence-electron chi connectivity index (χ2n) is 4.26. The van der Waals surface area contributed by atoms with Gasteiger partial charge in [-0.05, 0) is 30.5 Å². The first-order valence-corrected chi connectivity index (χ1v) is 7.47. The molecular formula is C11H17N3O2S. The summed E-state index contributed by atoms with van der Waals surface area (Å²) in [6, 6.07) is 3.75. The average molecular weight is 255 g/mol. The van der Waals surface area contributed by atoms with Crippen LogP contribution >= 0.6 is 0 Å². The summed E-state index contributed by atoms with van der Waals surface area (Å²) in [5.41, 5.74) is 1.01. The molecule has 1 aromatic heterocycles. The van der Waals surface area contributed by atoms with Gasteiger partial charge in [-0.3, -0.25) is 0 Å². The molecule has 1 fully saturated rings. The zero-order valence-electron chi connectivity index (χ0n) is 10.0. The van der Waals surface area contributed by atoms with Crippen molar-refractivity contribution in [2.75, 3.05) is 25.2 Å². The van der Waals surface area contributed by atoms with Crippen LogP contribution in [0.1, 0.15) is 24.4 Å². The summed E-state index contributed by atoms with van der Waals surface area (Å²) in [7, 11) is -1.33.